The summed E-state index contributed by atoms with van der Waals surface area (Å²) in [6.07, 6.45) is 0. The van der Waals surface area contributed by atoms with Gasteiger partial charge in [0.1, 0.15) is 0 Å². The Hall–Kier alpha value is -1.68. The molecule has 0 aliphatic carbocycles. The number of amides is 2. The van der Waals surface area contributed by atoms with Crippen molar-refractivity contribution in [2.45, 2.75) is 39.2 Å². The van der Waals surface area contributed by atoms with Crippen LogP contribution in [0.25, 0.3) is 0 Å². The molecule has 4 heteroatoms. The fourth-order valence-corrected chi connectivity index (χ4v) is 2.23. The molecule has 0 spiro atoms. The Morgan fingerprint density at radius 1 is 1.16 bits per heavy atom. The first kappa shape index (κ1) is 13.7. The third-order valence-electron chi connectivity index (χ3n) is 3.57. The molecule has 1 aliphatic rings. The molecule has 1 atom stereocenters. The molecule has 1 unspecified atom stereocenters. The van der Waals surface area contributed by atoms with Crippen LogP contribution in [0.1, 0.15) is 54.0 Å². The highest BCUT2D eigenvalue weighted by Gasteiger charge is 2.38. The molecular formula is C15H20N2O2. The minimum Gasteiger partial charge on any atom is -0.328 e. The standard InChI is InChI=1S/C15H20N2O2/c1-9(8-16)17-13(18)11-6-5-10(15(2,3)4)7-12(11)14(17)19/h5-7,9H,8,16H2,1-4H3. The molecule has 4 nitrogen and oxygen atoms in total. The van der Waals surface area contributed by atoms with Crippen molar-refractivity contribution < 1.29 is 9.59 Å². The number of carbonyl (C=O) groups is 2. The molecule has 1 heterocycles. The third-order valence-corrected chi connectivity index (χ3v) is 3.57. The quantitative estimate of drug-likeness (QED) is 0.826. The van der Waals surface area contributed by atoms with E-state index in [2.05, 4.69) is 20.8 Å². The van der Waals surface area contributed by atoms with E-state index in [1.165, 1.54) is 4.90 Å². The van der Waals surface area contributed by atoms with Gasteiger partial charge in [0, 0.05) is 12.6 Å². The second-order valence-corrected chi connectivity index (χ2v) is 6.08. The van der Waals surface area contributed by atoms with Crippen LogP contribution >= 0.6 is 0 Å². The molecule has 1 aromatic carbocycles. The second-order valence-electron chi connectivity index (χ2n) is 6.08. The van der Waals surface area contributed by atoms with Gasteiger partial charge in [-0.1, -0.05) is 26.8 Å². The zero-order chi connectivity index (χ0) is 14.4. The second kappa shape index (κ2) is 4.46. The number of hydrogen-bond donors (Lipinski definition) is 1. The Kier molecular flexibility index (Phi) is 3.22. The monoisotopic (exact) mass is 260 g/mol. The highest BCUT2D eigenvalue weighted by Crippen LogP contribution is 2.30. The third kappa shape index (κ3) is 2.16. The first-order valence-corrected chi connectivity index (χ1v) is 6.50. The lowest BCUT2D eigenvalue weighted by atomic mass is 9.85. The topological polar surface area (TPSA) is 63.4 Å². The summed E-state index contributed by atoms with van der Waals surface area (Å²) in [5, 5.41) is 0. The SMILES string of the molecule is CC(CN)N1C(=O)c2ccc(C(C)(C)C)cc2C1=O. The van der Waals surface area contributed by atoms with Gasteiger partial charge in [0.15, 0.2) is 0 Å². The molecule has 0 saturated heterocycles. The molecule has 0 aromatic heterocycles. The largest absolute Gasteiger partial charge is 0.328 e. The summed E-state index contributed by atoms with van der Waals surface area (Å²) in [6.45, 7) is 8.30. The van der Waals surface area contributed by atoms with Gasteiger partial charge in [-0.25, -0.2) is 0 Å². The molecule has 2 rings (SSSR count). The molecule has 0 radical (unpaired) electrons. The van der Waals surface area contributed by atoms with Crippen LogP contribution in [0.3, 0.4) is 0 Å². The molecule has 0 bridgehead atoms. The van der Waals surface area contributed by atoms with Crippen LogP contribution in [-0.4, -0.2) is 29.3 Å². The van der Waals surface area contributed by atoms with Crippen molar-refractivity contribution in [1.29, 1.82) is 0 Å². The van der Waals surface area contributed by atoms with Gasteiger partial charge in [-0.3, -0.25) is 14.5 Å². The predicted molar refractivity (Wildman–Crippen MR) is 74.2 cm³/mol. The van der Waals surface area contributed by atoms with Crippen molar-refractivity contribution in [3.05, 3.63) is 34.9 Å². The number of imide groups is 1. The van der Waals surface area contributed by atoms with Crippen LogP contribution in [0.2, 0.25) is 0 Å². The molecule has 2 amide bonds. The van der Waals surface area contributed by atoms with Gasteiger partial charge in [0.2, 0.25) is 0 Å². The van der Waals surface area contributed by atoms with E-state index in [9.17, 15) is 9.59 Å². The predicted octanol–water partition coefficient (Wildman–Crippen LogP) is 1.93. The van der Waals surface area contributed by atoms with Gasteiger partial charge in [0.25, 0.3) is 11.8 Å². The average Bonchev–Trinajstić information content (AvgIpc) is 2.60. The van der Waals surface area contributed by atoms with E-state index in [-0.39, 0.29) is 29.8 Å². The maximum absolute atomic E-state index is 12.3. The van der Waals surface area contributed by atoms with Crippen molar-refractivity contribution in [3.63, 3.8) is 0 Å². The minimum atomic E-state index is -0.273. The summed E-state index contributed by atoms with van der Waals surface area (Å²) in [5.74, 6) is -0.470. The molecule has 0 saturated carbocycles. The maximum atomic E-state index is 12.3. The summed E-state index contributed by atoms with van der Waals surface area (Å²) >= 11 is 0. The molecule has 1 aliphatic heterocycles. The van der Waals surface area contributed by atoms with Crippen LogP contribution in [0, 0.1) is 0 Å². The number of fused-ring (bicyclic) bond motifs is 1. The smallest absolute Gasteiger partial charge is 0.261 e. The number of nitrogens with zero attached hydrogens (tertiary/aromatic N) is 1. The molecular weight excluding hydrogens is 240 g/mol. The van der Waals surface area contributed by atoms with E-state index >= 15 is 0 Å². The number of benzene rings is 1. The lowest BCUT2D eigenvalue weighted by Gasteiger charge is -2.20. The number of hydrogen-bond acceptors (Lipinski definition) is 3. The fourth-order valence-electron chi connectivity index (χ4n) is 2.23. The average molecular weight is 260 g/mol. The van der Waals surface area contributed by atoms with E-state index in [0.717, 1.165) is 5.56 Å². The summed E-state index contributed by atoms with van der Waals surface area (Å²) in [6, 6.07) is 5.23. The van der Waals surface area contributed by atoms with E-state index in [0.29, 0.717) is 11.1 Å². The van der Waals surface area contributed by atoms with E-state index in [1.807, 2.05) is 12.1 Å². The summed E-state index contributed by atoms with van der Waals surface area (Å²) in [4.78, 5) is 25.8. The lowest BCUT2D eigenvalue weighted by molar-refractivity contribution is 0.0602. The first-order chi connectivity index (χ1) is 8.77. The maximum Gasteiger partial charge on any atom is 0.261 e. The van der Waals surface area contributed by atoms with Crippen molar-refractivity contribution in [2.24, 2.45) is 5.73 Å². The van der Waals surface area contributed by atoms with Crippen LogP contribution in [0.15, 0.2) is 18.2 Å². The lowest BCUT2D eigenvalue weighted by Crippen LogP contribution is -2.42. The highest BCUT2D eigenvalue weighted by atomic mass is 16.2. The zero-order valence-corrected chi connectivity index (χ0v) is 11.9. The van der Waals surface area contributed by atoms with E-state index in [1.54, 1.807) is 13.0 Å². The Labute approximate surface area is 113 Å². The van der Waals surface area contributed by atoms with Crippen molar-refractivity contribution in [3.8, 4) is 0 Å². The van der Waals surface area contributed by atoms with Gasteiger partial charge in [-0.2, -0.15) is 0 Å². The number of nitrogens with two attached hydrogens (primary N) is 1. The van der Waals surface area contributed by atoms with Crippen LogP contribution in [0.5, 0.6) is 0 Å². The molecule has 0 fully saturated rings. The Bertz CT molecular complexity index is 544. The fraction of sp³-hybridized carbons (Fsp3) is 0.467. The van der Waals surface area contributed by atoms with Crippen molar-refractivity contribution in [1.82, 2.24) is 4.90 Å². The highest BCUT2D eigenvalue weighted by molar-refractivity contribution is 6.21. The van der Waals surface area contributed by atoms with Crippen molar-refractivity contribution >= 4 is 11.8 Å². The molecule has 1 aromatic rings. The van der Waals surface area contributed by atoms with Crippen LogP contribution in [-0.2, 0) is 5.41 Å². The van der Waals surface area contributed by atoms with E-state index < -0.39 is 0 Å². The summed E-state index contributed by atoms with van der Waals surface area (Å²) < 4.78 is 0. The van der Waals surface area contributed by atoms with Crippen LogP contribution < -0.4 is 5.73 Å². The van der Waals surface area contributed by atoms with Crippen molar-refractivity contribution in [2.75, 3.05) is 6.54 Å². The first-order valence-electron chi connectivity index (χ1n) is 6.50. The van der Waals surface area contributed by atoms with Gasteiger partial charge < -0.3 is 5.73 Å². The number of carbonyl (C=O) groups excluding carboxylic acids is 2. The molecule has 2 N–H and O–H groups in total. The normalized spacial score (nSPS) is 16.8. The summed E-state index contributed by atoms with van der Waals surface area (Å²) in [7, 11) is 0. The van der Waals surface area contributed by atoms with Gasteiger partial charge >= 0.3 is 0 Å². The molecule has 102 valence electrons. The number of rotatable bonds is 2. The van der Waals surface area contributed by atoms with Gasteiger partial charge in [-0.15, -0.1) is 0 Å². The van der Waals surface area contributed by atoms with E-state index in [4.69, 9.17) is 5.73 Å². The Morgan fingerprint density at radius 2 is 1.74 bits per heavy atom. The van der Waals surface area contributed by atoms with Gasteiger partial charge in [-0.05, 0) is 30.0 Å². The minimum absolute atomic E-state index is 0.0503. The zero-order valence-electron chi connectivity index (χ0n) is 11.9. The molecule has 19 heavy (non-hydrogen) atoms. The van der Waals surface area contributed by atoms with Crippen LogP contribution in [0.4, 0.5) is 0 Å². The summed E-state index contributed by atoms with van der Waals surface area (Å²) in [5.41, 5.74) is 7.55. The Morgan fingerprint density at radius 3 is 2.26 bits per heavy atom. The van der Waals surface area contributed by atoms with Gasteiger partial charge in [0.05, 0.1) is 11.1 Å². The Balaban J connectivity index is 2.49.